The number of benzene rings is 1. The molecule has 1 nitrogen and oxygen atoms in total. The number of hydrogen-bond acceptors (Lipinski definition) is 1. The van der Waals surface area contributed by atoms with Crippen LogP contribution in [-0.2, 0) is 6.54 Å². The SMILES string of the molecule is CCCN(CC)Cc1ccc(I)cc1. The zero-order chi connectivity index (χ0) is 10.4. The third-order valence-corrected chi connectivity index (χ3v) is 3.03. The number of hydrogen-bond donors (Lipinski definition) is 0. The Morgan fingerprint density at radius 2 is 1.79 bits per heavy atom. The first-order valence-electron chi connectivity index (χ1n) is 5.23. The van der Waals surface area contributed by atoms with E-state index in [4.69, 9.17) is 0 Å². The molecule has 78 valence electrons. The van der Waals surface area contributed by atoms with E-state index in [9.17, 15) is 0 Å². The summed E-state index contributed by atoms with van der Waals surface area (Å²) < 4.78 is 1.31. The predicted octanol–water partition coefficient (Wildman–Crippen LogP) is 3.52. The van der Waals surface area contributed by atoms with E-state index in [0.29, 0.717) is 0 Å². The first-order valence-corrected chi connectivity index (χ1v) is 6.31. The van der Waals surface area contributed by atoms with Crippen molar-refractivity contribution in [3.8, 4) is 0 Å². The quantitative estimate of drug-likeness (QED) is 0.752. The average molecular weight is 303 g/mol. The van der Waals surface area contributed by atoms with Gasteiger partial charge in [0.1, 0.15) is 0 Å². The molecule has 0 fully saturated rings. The highest BCUT2D eigenvalue weighted by molar-refractivity contribution is 14.1. The second-order valence-corrected chi connectivity index (χ2v) is 4.74. The van der Waals surface area contributed by atoms with Crippen molar-refractivity contribution in [3.05, 3.63) is 33.4 Å². The smallest absolute Gasteiger partial charge is 0.0233 e. The Kier molecular flexibility index (Phi) is 5.48. The lowest BCUT2D eigenvalue weighted by atomic mass is 10.2. The molecule has 0 heterocycles. The fourth-order valence-corrected chi connectivity index (χ4v) is 1.87. The molecular formula is C12H18IN. The van der Waals surface area contributed by atoms with Crippen LogP contribution in [0, 0.1) is 3.57 Å². The van der Waals surface area contributed by atoms with E-state index in [1.807, 2.05) is 0 Å². The molecule has 0 unspecified atom stereocenters. The van der Waals surface area contributed by atoms with E-state index in [1.165, 1.54) is 22.1 Å². The van der Waals surface area contributed by atoms with E-state index in [2.05, 4.69) is 65.6 Å². The highest BCUT2D eigenvalue weighted by Gasteiger charge is 2.01. The Labute approximate surface area is 101 Å². The molecule has 0 amide bonds. The van der Waals surface area contributed by atoms with Crippen LogP contribution < -0.4 is 0 Å². The van der Waals surface area contributed by atoms with Crippen LogP contribution >= 0.6 is 22.6 Å². The third kappa shape index (κ3) is 3.96. The van der Waals surface area contributed by atoms with Crippen molar-refractivity contribution in [1.29, 1.82) is 0 Å². The molecule has 1 aromatic rings. The summed E-state index contributed by atoms with van der Waals surface area (Å²) in [7, 11) is 0. The fraction of sp³-hybridized carbons (Fsp3) is 0.500. The Morgan fingerprint density at radius 1 is 1.14 bits per heavy atom. The summed E-state index contributed by atoms with van der Waals surface area (Å²) >= 11 is 2.34. The summed E-state index contributed by atoms with van der Waals surface area (Å²) in [5.74, 6) is 0. The second-order valence-electron chi connectivity index (χ2n) is 3.50. The van der Waals surface area contributed by atoms with E-state index in [0.717, 1.165) is 13.1 Å². The zero-order valence-electron chi connectivity index (χ0n) is 8.96. The molecule has 0 aliphatic rings. The lowest BCUT2D eigenvalue weighted by Gasteiger charge is -2.19. The standard InChI is InChI=1S/C12H18IN/c1-3-9-14(4-2)10-11-5-7-12(13)8-6-11/h5-8H,3-4,9-10H2,1-2H3. The Bertz CT molecular complexity index is 256. The van der Waals surface area contributed by atoms with Gasteiger partial charge in [-0.25, -0.2) is 0 Å². The van der Waals surface area contributed by atoms with Gasteiger partial charge in [0.15, 0.2) is 0 Å². The highest BCUT2D eigenvalue weighted by atomic mass is 127. The van der Waals surface area contributed by atoms with Crippen molar-refractivity contribution in [3.63, 3.8) is 0 Å². The van der Waals surface area contributed by atoms with Gasteiger partial charge >= 0.3 is 0 Å². The molecule has 0 aromatic heterocycles. The summed E-state index contributed by atoms with van der Waals surface area (Å²) in [6.07, 6.45) is 1.23. The normalized spacial score (nSPS) is 10.9. The van der Waals surface area contributed by atoms with E-state index >= 15 is 0 Å². The predicted molar refractivity (Wildman–Crippen MR) is 70.4 cm³/mol. The molecule has 14 heavy (non-hydrogen) atoms. The monoisotopic (exact) mass is 303 g/mol. The molecule has 0 saturated carbocycles. The van der Waals surface area contributed by atoms with Crippen molar-refractivity contribution >= 4 is 22.6 Å². The van der Waals surface area contributed by atoms with Crippen LogP contribution in [0.25, 0.3) is 0 Å². The largest absolute Gasteiger partial charge is 0.299 e. The molecule has 2 heteroatoms. The molecule has 0 radical (unpaired) electrons. The molecule has 1 aromatic carbocycles. The minimum atomic E-state index is 1.08. The number of nitrogens with zero attached hydrogens (tertiary/aromatic N) is 1. The molecule has 0 atom stereocenters. The van der Waals surface area contributed by atoms with Crippen LogP contribution in [0.4, 0.5) is 0 Å². The van der Waals surface area contributed by atoms with Crippen LogP contribution in [0.15, 0.2) is 24.3 Å². The van der Waals surface area contributed by atoms with E-state index < -0.39 is 0 Å². The van der Waals surface area contributed by atoms with Crippen molar-refractivity contribution in [1.82, 2.24) is 4.90 Å². The summed E-state index contributed by atoms with van der Waals surface area (Å²) in [5.41, 5.74) is 1.42. The summed E-state index contributed by atoms with van der Waals surface area (Å²) in [5, 5.41) is 0. The van der Waals surface area contributed by atoms with Gasteiger partial charge in [-0.15, -0.1) is 0 Å². The Hall–Kier alpha value is -0.0900. The molecule has 0 spiro atoms. The van der Waals surface area contributed by atoms with Gasteiger partial charge in [-0.2, -0.15) is 0 Å². The van der Waals surface area contributed by atoms with Crippen molar-refractivity contribution in [2.45, 2.75) is 26.8 Å². The van der Waals surface area contributed by atoms with Crippen LogP contribution in [0.3, 0.4) is 0 Å². The summed E-state index contributed by atoms with van der Waals surface area (Å²) in [4.78, 5) is 2.47. The van der Waals surface area contributed by atoms with Crippen molar-refractivity contribution in [2.75, 3.05) is 13.1 Å². The van der Waals surface area contributed by atoms with Gasteiger partial charge in [-0.05, 0) is 59.8 Å². The van der Waals surface area contributed by atoms with Gasteiger partial charge in [-0.3, -0.25) is 4.90 Å². The van der Waals surface area contributed by atoms with Gasteiger partial charge in [0, 0.05) is 10.1 Å². The minimum absolute atomic E-state index is 1.08. The molecule has 0 saturated heterocycles. The maximum atomic E-state index is 2.47. The maximum absolute atomic E-state index is 2.47. The van der Waals surface area contributed by atoms with E-state index in [-0.39, 0.29) is 0 Å². The van der Waals surface area contributed by atoms with Crippen LogP contribution in [0.2, 0.25) is 0 Å². The van der Waals surface area contributed by atoms with Gasteiger partial charge in [0.25, 0.3) is 0 Å². The highest BCUT2D eigenvalue weighted by Crippen LogP contribution is 2.09. The fourth-order valence-electron chi connectivity index (χ4n) is 1.51. The topological polar surface area (TPSA) is 3.24 Å². The molecule has 0 N–H and O–H groups in total. The number of rotatable bonds is 5. The third-order valence-electron chi connectivity index (χ3n) is 2.31. The maximum Gasteiger partial charge on any atom is 0.0233 e. The Morgan fingerprint density at radius 3 is 2.29 bits per heavy atom. The molecule has 0 aliphatic carbocycles. The first kappa shape index (κ1) is 12.0. The molecule has 0 aliphatic heterocycles. The van der Waals surface area contributed by atoms with Crippen molar-refractivity contribution in [2.24, 2.45) is 0 Å². The summed E-state index contributed by atoms with van der Waals surface area (Å²) in [6, 6.07) is 8.80. The second kappa shape index (κ2) is 6.40. The summed E-state index contributed by atoms with van der Waals surface area (Å²) in [6.45, 7) is 7.88. The molecule has 0 bridgehead atoms. The number of halogens is 1. The van der Waals surface area contributed by atoms with Crippen molar-refractivity contribution < 1.29 is 0 Å². The lowest BCUT2D eigenvalue weighted by molar-refractivity contribution is 0.280. The van der Waals surface area contributed by atoms with Gasteiger partial charge in [0.2, 0.25) is 0 Å². The van der Waals surface area contributed by atoms with Gasteiger partial charge in [-0.1, -0.05) is 26.0 Å². The zero-order valence-corrected chi connectivity index (χ0v) is 11.1. The van der Waals surface area contributed by atoms with Crippen LogP contribution in [0.1, 0.15) is 25.8 Å². The van der Waals surface area contributed by atoms with Crippen LogP contribution in [0.5, 0.6) is 0 Å². The van der Waals surface area contributed by atoms with Crippen LogP contribution in [-0.4, -0.2) is 18.0 Å². The van der Waals surface area contributed by atoms with Gasteiger partial charge in [0.05, 0.1) is 0 Å². The van der Waals surface area contributed by atoms with E-state index in [1.54, 1.807) is 0 Å². The lowest BCUT2D eigenvalue weighted by Crippen LogP contribution is -2.23. The molecular weight excluding hydrogens is 285 g/mol. The Balaban J connectivity index is 2.53. The first-order chi connectivity index (χ1) is 6.76. The average Bonchev–Trinajstić information content (AvgIpc) is 2.20. The molecule has 1 rings (SSSR count). The van der Waals surface area contributed by atoms with Gasteiger partial charge < -0.3 is 0 Å². The minimum Gasteiger partial charge on any atom is -0.299 e.